The molecule has 264 valence electrons. The number of ether oxygens (including phenoxy) is 3. The van der Waals surface area contributed by atoms with Crippen LogP contribution in [-0.2, 0) is 35.0 Å². The third-order valence-corrected chi connectivity index (χ3v) is 8.33. The number of hydrogen-bond donors (Lipinski definition) is 4. The maximum atomic E-state index is 13.7. The number of nitrogens with one attached hydrogen (secondary N) is 4. The van der Waals surface area contributed by atoms with Crippen LogP contribution in [0.2, 0.25) is 0 Å². The summed E-state index contributed by atoms with van der Waals surface area (Å²) in [7, 11) is 2.46. The van der Waals surface area contributed by atoms with Crippen molar-refractivity contribution in [3.05, 3.63) is 35.9 Å². The van der Waals surface area contributed by atoms with E-state index in [1.807, 2.05) is 44.2 Å². The van der Waals surface area contributed by atoms with Crippen LogP contribution >= 0.6 is 0 Å². The van der Waals surface area contributed by atoms with Gasteiger partial charge in [-0.1, -0.05) is 84.2 Å². The van der Waals surface area contributed by atoms with Gasteiger partial charge in [-0.3, -0.25) is 19.8 Å². The third-order valence-electron chi connectivity index (χ3n) is 8.33. The summed E-state index contributed by atoms with van der Waals surface area (Å²) in [4.78, 5) is 64.4. The molecule has 13 heteroatoms. The van der Waals surface area contributed by atoms with E-state index in [1.165, 1.54) is 14.2 Å². The van der Waals surface area contributed by atoms with E-state index in [9.17, 15) is 24.0 Å². The number of methoxy groups -OCH3 is 2. The summed E-state index contributed by atoms with van der Waals surface area (Å²) in [5.74, 6) is -1.61. The van der Waals surface area contributed by atoms with Crippen LogP contribution in [0.1, 0.15) is 78.7 Å². The zero-order valence-electron chi connectivity index (χ0n) is 29.0. The van der Waals surface area contributed by atoms with Gasteiger partial charge in [-0.2, -0.15) is 0 Å². The molecular formula is C34H55N5O8. The molecule has 0 spiro atoms. The molecule has 2 rings (SSSR count). The highest BCUT2D eigenvalue weighted by Gasteiger charge is 2.35. The van der Waals surface area contributed by atoms with Gasteiger partial charge >= 0.3 is 18.2 Å². The van der Waals surface area contributed by atoms with Gasteiger partial charge in [0.1, 0.15) is 18.2 Å². The molecule has 1 aliphatic rings. The van der Waals surface area contributed by atoms with Crippen LogP contribution in [0.3, 0.4) is 0 Å². The zero-order chi connectivity index (χ0) is 34.9. The summed E-state index contributed by atoms with van der Waals surface area (Å²) in [6, 6.07) is 6.94. The van der Waals surface area contributed by atoms with Crippen LogP contribution in [0.25, 0.3) is 0 Å². The van der Waals surface area contributed by atoms with Gasteiger partial charge in [0.15, 0.2) is 0 Å². The van der Waals surface area contributed by atoms with Gasteiger partial charge < -0.3 is 30.2 Å². The summed E-state index contributed by atoms with van der Waals surface area (Å²) in [6.45, 7) is 9.47. The summed E-state index contributed by atoms with van der Waals surface area (Å²) in [5.41, 5.74) is 3.88. The molecule has 0 heterocycles. The second-order valence-corrected chi connectivity index (χ2v) is 12.8. The average molecular weight is 662 g/mol. The van der Waals surface area contributed by atoms with Crippen LogP contribution in [0.5, 0.6) is 0 Å². The predicted molar refractivity (Wildman–Crippen MR) is 177 cm³/mol. The van der Waals surface area contributed by atoms with Crippen molar-refractivity contribution in [2.75, 3.05) is 27.3 Å². The summed E-state index contributed by atoms with van der Waals surface area (Å²) in [5, 5.41) is 10.00. The molecule has 4 amide bonds. The fraction of sp³-hybridized carbons (Fsp3) is 0.676. The number of carbonyl (C=O) groups excluding carboxylic acids is 5. The van der Waals surface area contributed by atoms with E-state index in [-0.39, 0.29) is 30.7 Å². The Hall–Kier alpha value is -3.87. The molecule has 4 atom stereocenters. The largest absolute Gasteiger partial charge is 0.459 e. The molecule has 2 unspecified atom stereocenters. The number of benzene rings is 1. The zero-order valence-corrected chi connectivity index (χ0v) is 29.0. The highest BCUT2D eigenvalue weighted by molar-refractivity contribution is 5.86. The number of rotatable bonds is 17. The van der Waals surface area contributed by atoms with Gasteiger partial charge in [0.2, 0.25) is 5.91 Å². The minimum absolute atomic E-state index is 0.0611. The number of alkyl carbamates (subject to hydrolysis) is 2. The summed E-state index contributed by atoms with van der Waals surface area (Å²) >= 11 is 0. The van der Waals surface area contributed by atoms with Gasteiger partial charge in [0.25, 0.3) is 5.91 Å². The van der Waals surface area contributed by atoms with Crippen molar-refractivity contribution in [1.29, 1.82) is 0 Å². The molecule has 0 radical (unpaired) electrons. The van der Waals surface area contributed by atoms with Gasteiger partial charge in [0, 0.05) is 13.0 Å². The van der Waals surface area contributed by atoms with Gasteiger partial charge in [-0.15, -0.1) is 0 Å². The number of amides is 4. The fourth-order valence-electron chi connectivity index (χ4n) is 5.65. The van der Waals surface area contributed by atoms with Crippen LogP contribution < -0.4 is 21.4 Å². The van der Waals surface area contributed by atoms with Gasteiger partial charge in [-0.25, -0.2) is 14.6 Å². The molecule has 0 bridgehead atoms. The second kappa shape index (κ2) is 20.4. The highest BCUT2D eigenvalue weighted by atomic mass is 16.5. The van der Waals surface area contributed by atoms with Crippen molar-refractivity contribution in [3.63, 3.8) is 0 Å². The molecule has 1 aromatic rings. The van der Waals surface area contributed by atoms with E-state index >= 15 is 0 Å². The van der Waals surface area contributed by atoms with E-state index < -0.39 is 54.2 Å². The molecule has 1 aliphatic carbocycles. The Kier molecular flexibility index (Phi) is 17.0. The number of esters is 1. The first-order valence-electron chi connectivity index (χ1n) is 16.7. The maximum absolute atomic E-state index is 13.7. The van der Waals surface area contributed by atoms with Crippen LogP contribution in [0, 0.1) is 17.8 Å². The smallest absolute Gasteiger partial charge is 0.407 e. The molecule has 0 saturated heterocycles. The lowest BCUT2D eigenvalue weighted by atomic mass is 9.89. The molecule has 1 fully saturated rings. The standard InChI is InChI=1S/C34H55N5O8/c1-8-28(40)47-27(26(19-24-15-11-9-12-16-24)35-31(41)29(22(2)3)36-33(43)45-6)21-39(20-25-17-13-10-14-18-25)38-32(42)30(23(4)5)37-34(44)46-7/h9,11-12,15-16,22-23,25-27,29-30H,8,10,13-14,17-21H2,1-7H3,(H,35,41)(H,36,43)(H,37,44)(H,38,42)/t26?,27?,29-,30-/m0/s1. The van der Waals surface area contributed by atoms with E-state index in [0.29, 0.717) is 13.0 Å². The lowest BCUT2D eigenvalue weighted by Crippen LogP contribution is -2.60. The Bertz CT molecular complexity index is 1140. The first kappa shape index (κ1) is 39.3. The molecule has 47 heavy (non-hydrogen) atoms. The second-order valence-electron chi connectivity index (χ2n) is 12.8. The molecular weight excluding hydrogens is 606 g/mol. The Morgan fingerprint density at radius 3 is 1.87 bits per heavy atom. The molecule has 4 N–H and O–H groups in total. The van der Waals surface area contributed by atoms with E-state index in [1.54, 1.807) is 25.8 Å². The molecule has 0 aliphatic heterocycles. The first-order valence-corrected chi connectivity index (χ1v) is 16.7. The van der Waals surface area contributed by atoms with E-state index in [4.69, 9.17) is 14.2 Å². The van der Waals surface area contributed by atoms with Crippen molar-refractivity contribution in [2.45, 2.75) is 104 Å². The predicted octanol–water partition coefficient (Wildman–Crippen LogP) is 3.71. The molecule has 0 aromatic heterocycles. The summed E-state index contributed by atoms with van der Waals surface area (Å²) < 4.78 is 15.5. The minimum Gasteiger partial charge on any atom is -0.459 e. The van der Waals surface area contributed by atoms with E-state index in [0.717, 1.165) is 37.7 Å². The Balaban J connectivity index is 2.50. The topological polar surface area (TPSA) is 164 Å². The van der Waals surface area contributed by atoms with Crippen LogP contribution in [-0.4, -0.2) is 86.5 Å². The number of hydrazine groups is 1. The third kappa shape index (κ3) is 13.8. The van der Waals surface area contributed by atoms with E-state index in [2.05, 4.69) is 21.4 Å². The molecule has 1 aromatic carbocycles. The maximum Gasteiger partial charge on any atom is 0.407 e. The Morgan fingerprint density at radius 1 is 0.809 bits per heavy atom. The normalized spacial score (nSPS) is 16.0. The number of hydrogen-bond acceptors (Lipinski definition) is 9. The van der Waals surface area contributed by atoms with Gasteiger partial charge in [0.05, 0.1) is 26.8 Å². The number of carbonyl (C=O) groups is 5. The lowest BCUT2D eigenvalue weighted by Gasteiger charge is -2.36. The monoisotopic (exact) mass is 661 g/mol. The fourth-order valence-corrected chi connectivity index (χ4v) is 5.65. The SMILES string of the molecule is CCC(=O)OC(CN(CC1CCCCC1)NC(=O)[C@@H](NC(=O)OC)C(C)C)C(Cc1ccccc1)NC(=O)[C@@H](NC(=O)OC)C(C)C. The molecule has 1 saturated carbocycles. The van der Waals surface area contributed by atoms with Crippen molar-refractivity contribution in [3.8, 4) is 0 Å². The minimum atomic E-state index is -0.919. The average Bonchev–Trinajstić information content (AvgIpc) is 3.05. The number of nitrogens with zero attached hydrogens (tertiary/aromatic N) is 1. The molecule has 13 nitrogen and oxygen atoms in total. The summed E-state index contributed by atoms with van der Waals surface area (Å²) in [6.07, 6.45) is 3.33. The van der Waals surface area contributed by atoms with Crippen molar-refractivity contribution in [2.24, 2.45) is 17.8 Å². The van der Waals surface area contributed by atoms with Gasteiger partial charge in [-0.05, 0) is 42.6 Å². The van der Waals surface area contributed by atoms with Crippen LogP contribution in [0.4, 0.5) is 9.59 Å². The van der Waals surface area contributed by atoms with Crippen molar-refractivity contribution < 1.29 is 38.2 Å². The quantitative estimate of drug-likeness (QED) is 0.111. The van der Waals surface area contributed by atoms with Crippen molar-refractivity contribution in [1.82, 2.24) is 26.4 Å². The van der Waals surface area contributed by atoms with Crippen molar-refractivity contribution >= 4 is 30.0 Å². The lowest BCUT2D eigenvalue weighted by molar-refractivity contribution is -0.153. The highest BCUT2D eigenvalue weighted by Crippen LogP contribution is 2.25. The first-order chi connectivity index (χ1) is 22.4. The van der Waals surface area contributed by atoms with Crippen LogP contribution in [0.15, 0.2) is 30.3 Å². The Labute approximate surface area is 279 Å². The Morgan fingerprint density at radius 2 is 1.36 bits per heavy atom.